The molecule has 3 nitrogen and oxygen atoms in total. The SMILES string of the molecule is COC(=O)CCCNC(C)c1ccc(C(C)(C)C)cc1. The van der Waals surface area contributed by atoms with Gasteiger partial charge in [-0.15, -0.1) is 0 Å². The van der Waals surface area contributed by atoms with E-state index in [-0.39, 0.29) is 11.4 Å². The van der Waals surface area contributed by atoms with Crippen LogP contribution in [0.4, 0.5) is 0 Å². The second kappa shape index (κ2) is 7.44. The van der Waals surface area contributed by atoms with Crippen molar-refractivity contribution in [1.82, 2.24) is 5.32 Å². The van der Waals surface area contributed by atoms with Crippen molar-refractivity contribution < 1.29 is 9.53 Å². The molecule has 0 saturated carbocycles. The van der Waals surface area contributed by atoms with Gasteiger partial charge in [0.05, 0.1) is 7.11 Å². The fourth-order valence-electron chi connectivity index (χ4n) is 2.04. The predicted molar refractivity (Wildman–Crippen MR) is 82.8 cm³/mol. The summed E-state index contributed by atoms with van der Waals surface area (Å²) in [7, 11) is 1.43. The van der Waals surface area contributed by atoms with Gasteiger partial charge >= 0.3 is 5.97 Å². The zero-order valence-corrected chi connectivity index (χ0v) is 13.3. The molecule has 0 saturated heterocycles. The summed E-state index contributed by atoms with van der Waals surface area (Å²) < 4.78 is 4.62. The Labute approximate surface area is 122 Å². The molecule has 0 bridgehead atoms. The lowest BCUT2D eigenvalue weighted by molar-refractivity contribution is -0.140. The molecule has 0 aliphatic carbocycles. The molecule has 1 unspecified atom stereocenters. The fraction of sp³-hybridized carbons (Fsp3) is 0.588. The van der Waals surface area contributed by atoms with Crippen LogP contribution in [0.25, 0.3) is 0 Å². The molecule has 1 aromatic rings. The number of hydrogen-bond donors (Lipinski definition) is 1. The number of hydrogen-bond acceptors (Lipinski definition) is 3. The maximum atomic E-state index is 11.0. The molecular formula is C17H27NO2. The molecule has 0 fully saturated rings. The fourth-order valence-corrected chi connectivity index (χ4v) is 2.04. The second-order valence-corrected chi connectivity index (χ2v) is 6.23. The van der Waals surface area contributed by atoms with Crippen LogP contribution < -0.4 is 5.32 Å². The van der Waals surface area contributed by atoms with Crippen molar-refractivity contribution in [3.63, 3.8) is 0 Å². The van der Waals surface area contributed by atoms with Gasteiger partial charge < -0.3 is 10.1 Å². The van der Waals surface area contributed by atoms with E-state index in [2.05, 4.69) is 62.0 Å². The van der Waals surface area contributed by atoms with Crippen molar-refractivity contribution in [3.8, 4) is 0 Å². The quantitative estimate of drug-likeness (QED) is 0.638. The Morgan fingerprint density at radius 2 is 1.85 bits per heavy atom. The van der Waals surface area contributed by atoms with E-state index in [1.807, 2.05) is 0 Å². The van der Waals surface area contributed by atoms with Crippen molar-refractivity contribution in [3.05, 3.63) is 35.4 Å². The van der Waals surface area contributed by atoms with Crippen LogP contribution in [-0.4, -0.2) is 19.6 Å². The van der Waals surface area contributed by atoms with Gasteiger partial charge in [-0.1, -0.05) is 45.0 Å². The molecule has 1 atom stereocenters. The lowest BCUT2D eigenvalue weighted by atomic mass is 9.86. The first kappa shape index (κ1) is 16.7. The van der Waals surface area contributed by atoms with Gasteiger partial charge in [-0.25, -0.2) is 0 Å². The van der Waals surface area contributed by atoms with E-state index in [1.165, 1.54) is 18.2 Å². The van der Waals surface area contributed by atoms with Crippen molar-refractivity contribution >= 4 is 5.97 Å². The summed E-state index contributed by atoms with van der Waals surface area (Å²) in [4.78, 5) is 11.0. The molecule has 1 N–H and O–H groups in total. The average molecular weight is 277 g/mol. The van der Waals surface area contributed by atoms with Gasteiger partial charge in [-0.05, 0) is 36.4 Å². The second-order valence-electron chi connectivity index (χ2n) is 6.23. The monoisotopic (exact) mass is 277 g/mol. The zero-order valence-electron chi connectivity index (χ0n) is 13.3. The Bertz CT molecular complexity index is 418. The molecule has 1 rings (SSSR count). The third-order valence-electron chi connectivity index (χ3n) is 3.51. The third kappa shape index (κ3) is 5.33. The van der Waals surface area contributed by atoms with E-state index in [0.717, 1.165) is 13.0 Å². The van der Waals surface area contributed by atoms with Gasteiger partial charge in [-0.2, -0.15) is 0 Å². The number of esters is 1. The molecule has 20 heavy (non-hydrogen) atoms. The Morgan fingerprint density at radius 1 is 1.25 bits per heavy atom. The average Bonchev–Trinajstić information content (AvgIpc) is 2.42. The van der Waals surface area contributed by atoms with Crippen LogP contribution in [0.3, 0.4) is 0 Å². The number of carbonyl (C=O) groups is 1. The lowest BCUT2D eigenvalue weighted by Gasteiger charge is -2.20. The number of nitrogens with one attached hydrogen (secondary N) is 1. The highest BCUT2D eigenvalue weighted by atomic mass is 16.5. The number of ether oxygens (including phenoxy) is 1. The summed E-state index contributed by atoms with van der Waals surface area (Å²) in [5.41, 5.74) is 2.81. The van der Waals surface area contributed by atoms with Crippen LogP contribution in [0.5, 0.6) is 0 Å². The first-order valence-electron chi connectivity index (χ1n) is 7.25. The highest BCUT2D eigenvalue weighted by Gasteiger charge is 2.13. The van der Waals surface area contributed by atoms with E-state index in [1.54, 1.807) is 0 Å². The summed E-state index contributed by atoms with van der Waals surface area (Å²) in [5, 5.41) is 3.43. The van der Waals surface area contributed by atoms with Crippen LogP contribution in [0.2, 0.25) is 0 Å². The van der Waals surface area contributed by atoms with E-state index < -0.39 is 0 Å². The van der Waals surface area contributed by atoms with Crippen molar-refractivity contribution in [1.29, 1.82) is 0 Å². The molecule has 0 spiro atoms. The molecule has 3 heteroatoms. The summed E-state index contributed by atoms with van der Waals surface area (Å²) in [5.74, 6) is -0.144. The van der Waals surface area contributed by atoms with Crippen LogP contribution >= 0.6 is 0 Å². The van der Waals surface area contributed by atoms with Crippen molar-refractivity contribution in [2.75, 3.05) is 13.7 Å². The van der Waals surface area contributed by atoms with Crippen LogP contribution in [0, 0.1) is 0 Å². The molecule has 0 amide bonds. The van der Waals surface area contributed by atoms with Crippen LogP contribution in [0.15, 0.2) is 24.3 Å². The van der Waals surface area contributed by atoms with E-state index in [0.29, 0.717) is 12.5 Å². The van der Waals surface area contributed by atoms with Gasteiger partial charge in [-0.3, -0.25) is 4.79 Å². The Kier molecular flexibility index (Phi) is 6.21. The number of rotatable bonds is 6. The molecular weight excluding hydrogens is 250 g/mol. The molecule has 0 aliphatic heterocycles. The number of carbonyl (C=O) groups excluding carboxylic acids is 1. The molecule has 0 aromatic heterocycles. The minimum atomic E-state index is -0.144. The number of methoxy groups -OCH3 is 1. The summed E-state index contributed by atoms with van der Waals surface area (Å²) in [6, 6.07) is 9.04. The highest BCUT2D eigenvalue weighted by molar-refractivity contribution is 5.69. The first-order valence-corrected chi connectivity index (χ1v) is 7.25. The minimum Gasteiger partial charge on any atom is -0.469 e. The molecule has 0 aliphatic rings. The molecule has 1 aromatic carbocycles. The van der Waals surface area contributed by atoms with E-state index >= 15 is 0 Å². The Hall–Kier alpha value is -1.35. The lowest BCUT2D eigenvalue weighted by Crippen LogP contribution is -2.21. The highest BCUT2D eigenvalue weighted by Crippen LogP contribution is 2.23. The standard InChI is InChI=1S/C17H27NO2/c1-13(18-12-6-7-16(19)20-5)14-8-10-15(11-9-14)17(2,3)4/h8-11,13,18H,6-7,12H2,1-5H3. The normalized spacial score (nSPS) is 13.1. The van der Waals surface area contributed by atoms with Crippen LogP contribution in [0.1, 0.15) is 57.7 Å². The molecule has 112 valence electrons. The van der Waals surface area contributed by atoms with Gasteiger partial charge in [0.1, 0.15) is 0 Å². The predicted octanol–water partition coefficient (Wildman–Crippen LogP) is 3.59. The van der Waals surface area contributed by atoms with Crippen LogP contribution in [-0.2, 0) is 14.9 Å². The Morgan fingerprint density at radius 3 is 2.35 bits per heavy atom. The Balaban J connectivity index is 2.44. The largest absolute Gasteiger partial charge is 0.469 e. The van der Waals surface area contributed by atoms with E-state index in [4.69, 9.17) is 0 Å². The maximum Gasteiger partial charge on any atom is 0.305 e. The topological polar surface area (TPSA) is 38.3 Å². The summed E-state index contributed by atoms with van der Waals surface area (Å²) >= 11 is 0. The number of benzene rings is 1. The van der Waals surface area contributed by atoms with Gasteiger partial charge in [0.15, 0.2) is 0 Å². The van der Waals surface area contributed by atoms with E-state index in [9.17, 15) is 4.79 Å². The van der Waals surface area contributed by atoms with Gasteiger partial charge in [0.2, 0.25) is 0 Å². The summed E-state index contributed by atoms with van der Waals surface area (Å²) in [6.45, 7) is 9.62. The molecule has 0 heterocycles. The minimum absolute atomic E-state index is 0.144. The van der Waals surface area contributed by atoms with Gasteiger partial charge in [0, 0.05) is 12.5 Å². The molecule has 0 radical (unpaired) electrons. The maximum absolute atomic E-state index is 11.0. The van der Waals surface area contributed by atoms with Crippen molar-refractivity contribution in [2.24, 2.45) is 0 Å². The smallest absolute Gasteiger partial charge is 0.305 e. The summed E-state index contributed by atoms with van der Waals surface area (Å²) in [6.07, 6.45) is 1.27. The zero-order chi connectivity index (χ0) is 15.2. The first-order chi connectivity index (χ1) is 9.34. The van der Waals surface area contributed by atoms with Gasteiger partial charge in [0.25, 0.3) is 0 Å². The third-order valence-corrected chi connectivity index (χ3v) is 3.51. The van der Waals surface area contributed by atoms with Crippen molar-refractivity contribution in [2.45, 2.75) is 52.0 Å².